The second-order valence-corrected chi connectivity index (χ2v) is 4.09. The zero-order valence-corrected chi connectivity index (χ0v) is 7.26. The van der Waals surface area contributed by atoms with Crippen LogP contribution in [0.5, 0.6) is 0 Å². The van der Waals surface area contributed by atoms with Crippen LogP contribution in [0.1, 0.15) is 44.9 Å². The molecule has 0 N–H and O–H groups in total. The van der Waals surface area contributed by atoms with Crippen molar-refractivity contribution in [3.8, 4) is 0 Å². The Kier molecular flexibility index (Phi) is 2.30. The Morgan fingerprint density at radius 1 is 0.818 bits per heavy atom. The summed E-state index contributed by atoms with van der Waals surface area (Å²) in [5, 5.41) is 0. The van der Waals surface area contributed by atoms with Crippen LogP contribution in [0.4, 0.5) is 0 Å². The molecule has 2 atom stereocenters. The summed E-state index contributed by atoms with van der Waals surface area (Å²) in [4.78, 5) is 0. The maximum atomic E-state index is 2.42. The zero-order chi connectivity index (χ0) is 7.52. The molecule has 1 fully saturated rings. The van der Waals surface area contributed by atoms with Crippen molar-refractivity contribution in [3.63, 3.8) is 0 Å². The van der Waals surface area contributed by atoms with Crippen LogP contribution in [0.2, 0.25) is 0 Å². The van der Waals surface area contributed by atoms with Gasteiger partial charge in [-0.05, 0) is 43.9 Å². The first-order valence-corrected chi connectivity index (χ1v) is 5.12. The van der Waals surface area contributed by atoms with Crippen LogP contribution >= 0.6 is 0 Å². The number of hydrogen-bond donors (Lipinski definition) is 0. The molecule has 0 amide bonds. The van der Waals surface area contributed by atoms with Gasteiger partial charge in [0.25, 0.3) is 0 Å². The summed E-state index contributed by atoms with van der Waals surface area (Å²) in [7, 11) is 0. The Labute approximate surface area is 69.7 Å². The van der Waals surface area contributed by atoms with Gasteiger partial charge in [0.2, 0.25) is 0 Å². The summed E-state index contributed by atoms with van der Waals surface area (Å²) in [6.45, 7) is 0. The second-order valence-electron chi connectivity index (χ2n) is 4.09. The Bertz CT molecular complexity index is 146. The number of allylic oxidation sites excluding steroid dienone is 2. The van der Waals surface area contributed by atoms with Crippen molar-refractivity contribution in [2.24, 2.45) is 11.8 Å². The first-order valence-electron chi connectivity index (χ1n) is 5.12. The highest BCUT2D eigenvalue weighted by molar-refractivity contribution is 4.91. The van der Waals surface area contributed by atoms with Crippen molar-refractivity contribution >= 4 is 0 Å². The van der Waals surface area contributed by atoms with Gasteiger partial charge in [0, 0.05) is 0 Å². The van der Waals surface area contributed by atoms with Crippen LogP contribution in [0.25, 0.3) is 0 Å². The molecular formula is C11H18. The minimum Gasteiger partial charge on any atom is -0.0885 e. The lowest BCUT2D eigenvalue weighted by Crippen LogP contribution is -2.07. The van der Waals surface area contributed by atoms with Crippen molar-refractivity contribution in [1.29, 1.82) is 0 Å². The van der Waals surface area contributed by atoms with Crippen LogP contribution in [0.3, 0.4) is 0 Å². The van der Waals surface area contributed by atoms with E-state index >= 15 is 0 Å². The Hall–Kier alpha value is -0.260. The van der Waals surface area contributed by atoms with E-state index in [0.29, 0.717) is 0 Å². The smallest absolute Gasteiger partial charge is 0.0320 e. The Balaban J connectivity index is 1.98. The number of hydrogen-bond acceptors (Lipinski definition) is 0. The number of fused-ring (bicyclic) bond motifs is 1. The van der Waals surface area contributed by atoms with Crippen LogP contribution in [-0.4, -0.2) is 0 Å². The molecule has 0 aromatic heterocycles. The highest BCUT2D eigenvalue weighted by Gasteiger charge is 2.25. The zero-order valence-electron chi connectivity index (χ0n) is 7.26. The maximum Gasteiger partial charge on any atom is -0.0320 e. The molecule has 0 aliphatic heterocycles. The standard InChI is InChI=1S/C11H18/c1-2-4-7-11-9-5-8-10(11)6-3-1/h1,3,10-11H,2,4-9H2/b3-1-/t10-,11?/m1/s1. The van der Waals surface area contributed by atoms with Gasteiger partial charge in [-0.2, -0.15) is 0 Å². The highest BCUT2D eigenvalue weighted by Crippen LogP contribution is 2.38. The van der Waals surface area contributed by atoms with E-state index in [9.17, 15) is 0 Å². The van der Waals surface area contributed by atoms with E-state index < -0.39 is 0 Å². The quantitative estimate of drug-likeness (QED) is 0.463. The van der Waals surface area contributed by atoms with Gasteiger partial charge in [-0.1, -0.05) is 25.0 Å². The van der Waals surface area contributed by atoms with Crippen LogP contribution < -0.4 is 0 Å². The van der Waals surface area contributed by atoms with Crippen molar-refractivity contribution in [2.45, 2.75) is 44.9 Å². The molecular weight excluding hydrogens is 132 g/mol. The topological polar surface area (TPSA) is 0 Å². The van der Waals surface area contributed by atoms with Crippen molar-refractivity contribution in [2.75, 3.05) is 0 Å². The lowest BCUT2D eigenvalue weighted by Gasteiger charge is -2.19. The molecule has 1 saturated carbocycles. The minimum atomic E-state index is 1.06. The molecule has 0 spiro atoms. The Morgan fingerprint density at radius 3 is 2.64 bits per heavy atom. The third-order valence-electron chi connectivity index (χ3n) is 3.37. The van der Waals surface area contributed by atoms with Gasteiger partial charge in [-0.3, -0.25) is 0 Å². The first kappa shape index (κ1) is 7.39. The predicted molar refractivity (Wildman–Crippen MR) is 48.4 cm³/mol. The SMILES string of the molecule is C1=C\C[C@@H]2CCCC2CCC/1. The lowest BCUT2D eigenvalue weighted by molar-refractivity contribution is 0.354. The van der Waals surface area contributed by atoms with Crippen LogP contribution in [0, 0.1) is 11.8 Å². The summed E-state index contributed by atoms with van der Waals surface area (Å²) in [5.41, 5.74) is 0. The molecule has 0 nitrogen and oxygen atoms in total. The molecule has 2 aliphatic rings. The van der Waals surface area contributed by atoms with Crippen molar-refractivity contribution in [1.82, 2.24) is 0 Å². The average molecular weight is 150 g/mol. The molecule has 0 heterocycles. The third kappa shape index (κ3) is 1.66. The fraction of sp³-hybridized carbons (Fsp3) is 0.818. The van der Waals surface area contributed by atoms with Gasteiger partial charge < -0.3 is 0 Å². The fourth-order valence-electron chi connectivity index (χ4n) is 2.69. The second kappa shape index (κ2) is 3.42. The maximum absolute atomic E-state index is 2.42. The van der Waals surface area contributed by atoms with Gasteiger partial charge in [0.05, 0.1) is 0 Å². The van der Waals surface area contributed by atoms with E-state index in [-0.39, 0.29) is 0 Å². The van der Waals surface area contributed by atoms with E-state index in [1.54, 1.807) is 0 Å². The van der Waals surface area contributed by atoms with Crippen LogP contribution in [0.15, 0.2) is 12.2 Å². The van der Waals surface area contributed by atoms with Gasteiger partial charge in [0.15, 0.2) is 0 Å². The van der Waals surface area contributed by atoms with E-state index in [2.05, 4.69) is 12.2 Å². The van der Waals surface area contributed by atoms with Gasteiger partial charge >= 0.3 is 0 Å². The van der Waals surface area contributed by atoms with E-state index in [1.807, 2.05) is 0 Å². The molecule has 0 bridgehead atoms. The van der Waals surface area contributed by atoms with Gasteiger partial charge in [-0.15, -0.1) is 0 Å². The summed E-state index contributed by atoms with van der Waals surface area (Å²) >= 11 is 0. The fourth-order valence-corrected chi connectivity index (χ4v) is 2.69. The molecule has 62 valence electrons. The highest BCUT2D eigenvalue weighted by atomic mass is 14.3. The summed E-state index contributed by atoms with van der Waals surface area (Å²) < 4.78 is 0. The minimum absolute atomic E-state index is 1.06. The van der Waals surface area contributed by atoms with Gasteiger partial charge in [0.1, 0.15) is 0 Å². The molecule has 11 heavy (non-hydrogen) atoms. The normalized spacial score (nSPS) is 40.7. The third-order valence-corrected chi connectivity index (χ3v) is 3.37. The largest absolute Gasteiger partial charge is 0.0885 e. The van der Waals surface area contributed by atoms with E-state index in [4.69, 9.17) is 0 Å². The Morgan fingerprint density at radius 2 is 1.64 bits per heavy atom. The van der Waals surface area contributed by atoms with Gasteiger partial charge in [-0.25, -0.2) is 0 Å². The molecule has 0 heteroatoms. The molecule has 2 aliphatic carbocycles. The molecule has 2 rings (SSSR count). The summed E-state index contributed by atoms with van der Waals surface area (Å²) in [6.07, 6.45) is 15.0. The monoisotopic (exact) mass is 150 g/mol. The molecule has 0 saturated heterocycles. The first-order chi connectivity index (χ1) is 5.47. The lowest BCUT2D eigenvalue weighted by atomic mass is 9.87. The molecule has 0 aromatic carbocycles. The molecule has 1 unspecified atom stereocenters. The molecule has 0 radical (unpaired) electrons. The summed E-state index contributed by atoms with van der Waals surface area (Å²) in [5.74, 6) is 2.16. The van der Waals surface area contributed by atoms with E-state index in [1.165, 1.54) is 44.9 Å². The predicted octanol–water partition coefficient (Wildman–Crippen LogP) is 3.53. The summed E-state index contributed by atoms with van der Waals surface area (Å²) in [6, 6.07) is 0. The average Bonchev–Trinajstić information content (AvgIpc) is 2.35. The van der Waals surface area contributed by atoms with Crippen molar-refractivity contribution < 1.29 is 0 Å². The molecule has 0 aromatic rings. The number of rotatable bonds is 0. The van der Waals surface area contributed by atoms with E-state index in [0.717, 1.165) is 11.8 Å². The van der Waals surface area contributed by atoms with Crippen LogP contribution in [-0.2, 0) is 0 Å². The van der Waals surface area contributed by atoms with Crippen molar-refractivity contribution in [3.05, 3.63) is 12.2 Å².